The highest BCUT2D eigenvalue weighted by Gasteiger charge is 2.32. The van der Waals surface area contributed by atoms with Gasteiger partial charge in [0.05, 0.1) is 6.61 Å². The van der Waals surface area contributed by atoms with Gasteiger partial charge in [-0.15, -0.1) is 0 Å². The highest BCUT2D eigenvalue weighted by atomic mass is 16.7. The minimum Gasteiger partial charge on any atom is -0.489 e. The molecule has 2 aromatic carbocycles. The summed E-state index contributed by atoms with van der Waals surface area (Å²) < 4.78 is 16.8. The molecule has 1 aliphatic rings. The third-order valence-corrected chi connectivity index (χ3v) is 3.92. The molecule has 138 valence electrons. The van der Waals surface area contributed by atoms with Gasteiger partial charge in [-0.1, -0.05) is 30.3 Å². The molecule has 1 saturated heterocycles. The molecule has 1 fully saturated rings. The van der Waals surface area contributed by atoms with Crippen LogP contribution in [0.2, 0.25) is 0 Å². The monoisotopic (exact) mass is 356 g/mol. The molecule has 0 spiro atoms. The van der Waals surface area contributed by atoms with E-state index in [2.05, 4.69) is 10.6 Å². The Morgan fingerprint density at radius 3 is 2.54 bits per heavy atom. The van der Waals surface area contributed by atoms with Crippen LogP contribution in [0, 0.1) is 0 Å². The molecule has 0 aromatic heterocycles. The van der Waals surface area contributed by atoms with E-state index < -0.39 is 5.79 Å². The summed E-state index contributed by atoms with van der Waals surface area (Å²) in [6.45, 7) is 5.09. The van der Waals surface area contributed by atoms with Crippen LogP contribution in [0.5, 0.6) is 5.75 Å². The van der Waals surface area contributed by atoms with Crippen LogP contribution in [0.4, 0.5) is 10.5 Å². The van der Waals surface area contributed by atoms with Crippen molar-refractivity contribution in [3.63, 3.8) is 0 Å². The fourth-order valence-corrected chi connectivity index (χ4v) is 2.62. The molecular formula is C20H24N2O4. The number of amides is 2. The number of ether oxygens (including phenoxy) is 3. The normalized spacial score (nSPS) is 18.3. The maximum atomic E-state index is 12.0. The van der Waals surface area contributed by atoms with E-state index in [9.17, 15) is 4.79 Å². The minimum absolute atomic E-state index is 0.135. The molecular weight excluding hydrogens is 332 g/mol. The lowest BCUT2D eigenvalue weighted by Crippen LogP contribution is -2.37. The first kappa shape index (κ1) is 18.2. The van der Waals surface area contributed by atoms with E-state index in [-0.39, 0.29) is 12.1 Å². The predicted octanol–water partition coefficient (Wildman–Crippen LogP) is 3.54. The van der Waals surface area contributed by atoms with E-state index in [4.69, 9.17) is 14.2 Å². The van der Waals surface area contributed by atoms with Crippen molar-refractivity contribution in [2.24, 2.45) is 0 Å². The summed E-state index contributed by atoms with van der Waals surface area (Å²) >= 11 is 0. The Hall–Kier alpha value is -2.57. The lowest BCUT2D eigenvalue weighted by Gasteiger charge is -2.17. The highest BCUT2D eigenvalue weighted by molar-refractivity contribution is 5.89. The third-order valence-electron chi connectivity index (χ3n) is 3.92. The van der Waals surface area contributed by atoms with Crippen molar-refractivity contribution in [3.8, 4) is 5.75 Å². The molecule has 1 unspecified atom stereocenters. The van der Waals surface area contributed by atoms with Crippen LogP contribution in [-0.4, -0.2) is 31.1 Å². The molecule has 1 aliphatic heterocycles. The molecule has 6 nitrogen and oxygen atoms in total. The summed E-state index contributed by atoms with van der Waals surface area (Å²) in [6.07, 6.45) is -0.135. The molecule has 0 bridgehead atoms. The van der Waals surface area contributed by atoms with Gasteiger partial charge in [0.2, 0.25) is 0 Å². The summed E-state index contributed by atoms with van der Waals surface area (Å²) in [5, 5.41) is 5.57. The summed E-state index contributed by atoms with van der Waals surface area (Å²) in [5.41, 5.74) is 1.80. The Kier molecular flexibility index (Phi) is 5.75. The fourth-order valence-electron chi connectivity index (χ4n) is 2.62. The number of carbonyl (C=O) groups excluding carboxylic acids is 1. The Bertz CT molecular complexity index is 716. The molecule has 3 rings (SSSR count). The topological polar surface area (TPSA) is 68.8 Å². The van der Waals surface area contributed by atoms with Crippen LogP contribution in [0.15, 0.2) is 54.6 Å². The van der Waals surface area contributed by atoms with E-state index in [1.54, 1.807) is 12.1 Å². The zero-order valence-electron chi connectivity index (χ0n) is 15.0. The standard InChI is InChI=1S/C20H24N2O4/c1-20(2)25-14-18(26-20)12-21-19(23)22-16-8-10-17(11-9-16)24-13-15-6-4-3-5-7-15/h3-11,18H,12-14H2,1-2H3,(H2,21,22,23). The summed E-state index contributed by atoms with van der Waals surface area (Å²) in [7, 11) is 0. The van der Waals surface area contributed by atoms with E-state index >= 15 is 0 Å². The number of nitrogens with one attached hydrogen (secondary N) is 2. The van der Waals surface area contributed by atoms with Crippen LogP contribution in [0.25, 0.3) is 0 Å². The first-order chi connectivity index (χ1) is 12.5. The molecule has 1 atom stereocenters. The number of urea groups is 1. The zero-order valence-corrected chi connectivity index (χ0v) is 15.0. The van der Waals surface area contributed by atoms with Crippen molar-refractivity contribution < 1.29 is 19.0 Å². The summed E-state index contributed by atoms with van der Waals surface area (Å²) in [5.74, 6) is 0.164. The Balaban J connectivity index is 1.41. The Morgan fingerprint density at radius 1 is 1.15 bits per heavy atom. The molecule has 6 heteroatoms. The average molecular weight is 356 g/mol. The Labute approximate surface area is 153 Å². The third kappa shape index (κ3) is 5.47. The van der Waals surface area contributed by atoms with E-state index in [0.29, 0.717) is 25.4 Å². The number of carbonyl (C=O) groups is 1. The van der Waals surface area contributed by atoms with Gasteiger partial charge in [0.15, 0.2) is 5.79 Å². The fraction of sp³-hybridized carbons (Fsp3) is 0.350. The second kappa shape index (κ2) is 8.21. The number of benzene rings is 2. The molecule has 0 saturated carbocycles. The van der Waals surface area contributed by atoms with Crippen molar-refractivity contribution in [3.05, 3.63) is 60.2 Å². The predicted molar refractivity (Wildman–Crippen MR) is 99.1 cm³/mol. The molecule has 2 aromatic rings. The van der Waals surface area contributed by atoms with Crippen molar-refractivity contribution >= 4 is 11.7 Å². The second-order valence-corrected chi connectivity index (χ2v) is 6.58. The van der Waals surface area contributed by atoms with Crippen molar-refractivity contribution in [2.45, 2.75) is 32.3 Å². The van der Waals surface area contributed by atoms with Gasteiger partial charge in [-0.2, -0.15) is 0 Å². The first-order valence-electron chi connectivity index (χ1n) is 8.64. The molecule has 2 N–H and O–H groups in total. The van der Waals surface area contributed by atoms with E-state index in [1.165, 1.54) is 0 Å². The van der Waals surface area contributed by atoms with Gasteiger partial charge in [0.25, 0.3) is 0 Å². The molecule has 2 amide bonds. The van der Waals surface area contributed by atoms with Gasteiger partial charge < -0.3 is 24.8 Å². The second-order valence-electron chi connectivity index (χ2n) is 6.58. The number of hydrogen-bond acceptors (Lipinski definition) is 4. The minimum atomic E-state index is -0.585. The number of anilines is 1. The SMILES string of the molecule is CC1(C)OCC(CNC(=O)Nc2ccc(OCc3ccccc3)cc2)O1. The van der Waals surface area contributed by atoms with Crippen LogP contribution >= 0.6 is 0 Å². The van der Waals surface area contributed by atoms with Crippen LogP contribution in [0.3, 0.4) is 0 Å². The first-order valence-corrected chi connectivity index (χ1v) is 8.64. The highest BCUT2D eigenvalue weighted by Crippen LogP contribution is 2.21. The van der Waals surface area contributed by atoms with Gasteiger partial charge in [-0.05, 0) is 43.7 Å². The Morgan fingerprint density at radius 2 is 1.88 bits per heavy atom. The van der Waals surface area contributed by atoms with Gasteiger partial charge in [-0.3, -0.25) is 0 Å². The van der Waals surface area contributed by atoms with Gasteiger partial charge in [0, 0.05) is 12.2 Å². The maximum Gasteiger partial charge on any atom is 0.319 e. The van der Waals surface area contributed by atoms with E-state index in [0.717, 1.165) is 11.3 Å². The van der Waals surface area contributed by atoms with Crippen LogP contribution < -0.4 is 15.4 Å². The maximum absolute atomic E-state index is 12.0. The summed E-state index contributed by atoms with van der Waals surface area (Å²) in [4.78, 5) is 12.0. The molecule has 0 radical (unpaired) electrons. The van der Waals surface area contributed by atoms with Gasteiger partial charge in [0.1, 0.15) is 18.5 Å². The van der Waals surface area contributed by atoms with Gasteiger partial charge >= 0.3 is 6.03 Å². The number of rotatable bonds is 6. The zero-order chi connectivity index (χ0) is 18.4. The summed E-state index contributed by atoms with van der Waals surface area (Å²) in [6, 6.07) is 16.9. The molecule has 1 heterocycles. The van der Waals surface area contributed by atoms with Crippen molar-refractivity contribution in [1.29, 1.82) is 0 Å². The largest absolute Gasteiger partial charge is 0.489 e. The smallest absolute Gasteiger partial charge is 0.319 e. The lowest BCUT2D eigenvalue weighted by molar-refractivity contribution is -0.137. The quantitative estimate of drug-likeness (QED) is 0.831. The van der Waals surface area contributed by atoms with Crippen molar-refractivity contribution in [2.75, 3.05) is 18.5 Å². The van der Waals surface area contributed by atoms with E-state index in [1.807, 2.05) is 56.3 Å². The van der Waals surface area contributed by atoms with Crippen LogP contribution in [-0.2, 0) is 16.1 Å². The van der Waals surface area contributed by atoms with Gasteiger partial charge in [-0.25, -0.2) is 4.79 Å². The lowest BCUT2D eigenvalue weighted by atomic mass is 10.2. The average Bonchev–Trinajstić information content (AvgIpc) is 2.99. The molecule has 26 heavy (non-hydrogen) atoms. The van der Waals surface area contributed by atoms with Crippen LogP contribution in [0.1, 0.15) is 19.4 Å². The number of hydrogen-bond donors (Lipinski definition) is 2. The van der Waals surface area contributed by atoms with Crippen molar-refractivity contribution in [1.82, 2.24) is 5.32 Å². The molecule has 0 aliphatic carbocycles.